The molecule has 0 unspecified atom stereocenters. The number of hydrogen-bond acceptors (Lipinski definition) is 2. The Morgan fingerprint density at radius 3 is 2.00 bits per heavy atom. The molecule has 0 aromatic heterocycles. The molecule has 4 heteroatoms. The zero-order valence-corrected chi connectivity index (χ0v) is 5.68. The van der Waals surface area contributed by atoms with Crippen LogP contribution in [-0.4, -0.2) is 26.2 Å². The molecule has 0 saturated heterocycles. The van der Waals surface area contributed by atoms with Gasteiger partial charge in [-0.2, -0.15) is 0 Å². The van der Waals surface area contributed by atoms with Crippen LogP contribution in [-0.2, 0) is 9.84 Å². The van der Waals surface area contributed by atoms with Crippen LogP contribution in [0.25, 0.3) is 0 Å². The van der Waals surface area contributed by atoms with Crippen LogP contribution in [0.15, 0.2) is 0 Å². The second-order valence-electron chi connectivity index (χ2n) is 1.33. The lowest BCUT2D eigenvalue weighted by molar-refractivity contribution is 0.603. The van der Waals surface area contributed by atoms with Crippen molar-refractivity contribution in [3.63, 3.8) is 0 Å². The highest BCUT2D eigenvalue weighted by molar-refractivity contribution is 7.91. The van der Waals surface area contributed by atoms with Gasteiger partial charge in [0.1, 0.15) is 9.84 Å². The largest absolute Gasteiger partial charge is 0.229 e. The zero-order chi connectivity index (χ0) is 5.91. The molecule has 0 N–H and O–H groups in total. The van der Waals surface area contributed by atoms with E-state index in [1.807, 2.05) is 0 Å². The van der Waals surface area contributed by atoms with E-state index in [2.05, 4.69) is 12.6 Å². The van der Waals surface area contributed by atoms with Gasteiger partial charge in [0.25, 0.3) is 0 Å². The average molecular weight is 139 g/mol. The standard InChI is InChI=1S/C3H7O2S2/c1-7(4,5)3-2-6/h2-3H2,1H3. The van der Waals surface area contributed by atoms with E-state index < -0.39 is 9.84 Å². The first-order valence-electron chi connectivity index (χ1n) is 1.82. The van der Waals surface area contributed by atoms with Gasteiger partial charge in [-0.3, -0.25) is 0 Å². The van der Waals surface area contributed by atoms with Crippen LogP contribution in [0.2, 0.25) is 0 Å². The van der Waals surface area contributed by atoms with Crippen LogP contribution in [0.1, 0.15) is 0 Å². The van der Waals surface area contributed by atoms with E-state index in [1.54, 1.807) is 0 Å². The Labute approximate surface area is 49.2 Å². The molecule has 0 aliphatic rings. The van der Waals surface area contributed by atoms with Crippen molar-refractivity contribution in [1.82, 2.24) is 0 Å². The third-order valence-corrected chi connectivity index (χ3v) is 1.86. The fraction of sp³-hybridized carbons (Fsp3) is 1.00. The molecule has 7 heavy (non-hydrogen) atoms. The van der Waals surface area contributed by atoms with Gasteiger partial charge in [-0.1, -0.05) is 12.6 Å². The molecule has 0 aliphatic carbocycles. The summed E-state index contributed by atoms with van der Waals surface area (Å²) in [5.41, 5.74) is 0. The molecule has 0 fully saturated rings. The molecule has 0 heterocycles. The van der Waals surface area contributed by atoms with Gasteiger partial charge in [0.2, 0.25) is 0 Å². The lowest BCUT2D eigenvalue weighted by Crippen LogP contribution is -2.02. The Kier molecular flexibility index (Phi) is 2.68. The van der Waals surface area contributed by atoms with Crippen LogP contribution < -0.4 is 0 Å². The third-order valence-electron chi connectivity index (χ3n) is 0.454. The lowest BCUT2D eigenvalue weighted by atomic mass is 11.0. The topological polar surface area (TPSA) is 34.1 Å². The quantitative estimate of drug-likeness (QED) is 0.548. The lowest BCUT2D eigenvalue weighted by Gasteiger charge is -1.86. The van der Waals surface area contributed by atoms with Crippen molar-refractivity contribution >= 4 is 22.5 Å². The number of rotatable bonds is 2. The normalized spacial score (nSPS) is 11.7. The molecule has 1 radical (unpaired) electrons. The van der Waals surface area contributed by atoms with Crippen LogP contribution >= 0.6 is 12.6 Å². The summed E-state index contributed by atoms with van der Waals surface area (Å²) in [6.07, 6.45) is 1.18. The number of hydrogen-bond donors (Lipinski definition) is 0. The molecule has 0 amide bonds. The summed E-state index contributed by atoms with van der Waals surface area (Å²) in [5.74, 6) is 0.432. The summed E-state index contributed by atoms with van der Waals surface area (Å²) in [4.78, 5) is 0. The predicted octanol–water partition coefficient (Wildman–Crippen LogP) is 0.229. The van der Waals surface area contributed by atoms with E-state index in [0.717, 1.165) is 0 Å². The molecule has 0 aromatic carbocycles. The summed E-state index contributed by atoms with van der Waals surface area (Å²) >= 11 is 4.42. The van der Waals surface area contributed by atoms with Gasteiger partial charge in [0, 0.05) is 12.0 Å². The smallest absolute Gasteiger partial charge is 0.148 e. The van der Waals surface area contributed by atoms with Crippen molar-refractivity contribution in [2.75, 3.05) is 17.8 Å². The van der Waals surface area contributed by atoms with Crippen molar-refractivity contribution in [3.8, 4) is 0 Å². The molecular weight excluding hydrogens is 132 g/mol. The van der Waals surface area contributed by atoms with Crippen molar-refractivity contribution in [1.29, 1.82) is 0 Å². The first kappa shape index (κ1) is 7.30. The van der Waals surface area contributed by atoms with Gasteiger partial charge in [0.05, 0.1) is 5.75 Å². The fourth-order valence-electron chi connectivity index (χ4n) is 0.151. The van der Waals surface area contributed by atoms with Crippen molar-refractivity contribution in [2.24, 2.45) is 0 Å². The number of sulfone groups is 1. The summed E-state index contributed by atoms with van der Waals surface area (Å²) in [6, 6.07) is 0. The highest BCUT2D eigenvalue weighted by atomic mass is 32.2. The Hall–Kier alpha value is 0.300. The summed E-state index contributed by atoms with van der Waals surface area (Å²) in [7, 11) is -2.78. The van der Waals surface area contributed by atoms with E-state index in [-0.39, 0.29) is 5.75 Å². The SMILES string of the molecule is CS(=O)(=O)CC[S]. The molecule has 0 aliphatic heterocycles. The highest BCUT2D eigenvalue weighted by Gasteiger charge is 1.96. The van der Waals surface area contributed by atoms with Gasteiger partial charge >= 0.3 is 0 Å². The van der Waals surface area contributed by atoms with Crippen LogP contribution in [0.5, 0.6) is 0 Å². The summed E-state index contributed by atoms with van der Waals surface area (Å²) in [5, 5.41) is 0. The first-order chi connectivity index (χ1) is 3.06. The molecule has 0 rings (SSSR count). The van der Waals surface area contributed by atoms with Gasteiger partial charge in [0.15, 0.2) is 0 Å². The maximum Gasteiger partial charge on any atom is 0.148 e. The molecular formula is C3H7O2S2. The van der Waals surface area contributed by atoms with E-state index in [1.165, 1.54) is 6.26 Å². The molecule has 0 bridgehead atoms. The summed E-state index contributed by atoms with van der Waals surface area (Å²) in [6.45, 7) is 0. The second-order valence-corrected chi connectivity index (χ2v) is 4.00. The maximum atomic E-state index is 10.2. The van der Waals surface area contributed by atoms with Crippen molar-refractivity contribution < 1.29 is 8.42 Å². The van der Waals surface area contributed by atoms with Gasteiger partial charge in [-0.15, -0.1) is 0 Å². The van der Waals surface area contributed by atoms with Crippen LogP contribution in [0.3, 0.4) is 0 Å². The Bertz CT molecular complexity index is 124. The molecule has 43 valence electrons. The Balaban J connectivity index is 3.60. The fourth-order valence-corrected chi connectivity index (χ4v) is 1.36. The Morgan fingerprint density at radius 2 is 2.00 bits per heavy atom. The maximum absolute atomic E-state index is 10.2. The highest BCUT2D eigenvalue weighted by Crippen LogP contribution is 1.82. The Morgan fingerprint density at radius 1 is 1.57 bits per heavy atom. The summed E-state index contributed by atoms with van der Waals surface area (Å²) < 4.78 is 20.3. The first-order valence-corrected chi connectivity index (χ1v) is 4.46. The zero-order valence-electron chi connectivity index (χ0n) is 4.05. The second kappa shape index (κ2) is 2.57. The molecule has 0 spiro atoms. The molecule has 0 aromatic rings. The third kappa shape index (κ3) is 6.30. The van der Waals surface area contributed by atoms with Gasteiger partial charge < -0.3 is 0 Å². The van der Waals surface area contributed by atoms with Crippen molar-refractivity contribution in [2.45, 2.75) is 0 Å². The molecule has 0 saturated carbocycles. The van der Waals surface area contributed by atoms with Crippen LogP contribution in [0.4, 0.5) is 0 Å². The molecule has 0 atom stereocenters. The minimum Gasteiger partial charge on any atom is -0.229 e. The van der Waals surface area contributed by atoms with E-state index in [4.69, 9.17) is 0 Å². The van der Waals surface area contributed by atoms with E-state index >= 15 is 0 Å². The minimum atomic E-state index is -2.78. The van der Waals surface area contributed by atoms with Gasteiger partial charge in [-0.25, -0.2) is 8.42 Å². The van der Waals surface area contributed by atoms with E-state index in [0.29, 0.717) is 5.75 Å². The average Bonchev–Trinajstić information content (AvgIpc) is 1.30. The van der Waals surface area contributed by atoms with Crippen LogP contribution in [0, 0.1) is 0 Å². The van der Waals surface area contributed by atoms with Gasteiger partial charge in [-0.05, 0) is 0 Å². The predicted molar refractivity (Wildman–Crippen MR) is 32.2 cm³/mol. The minimum absolute atomic E-state index is 0.127. The van der Waals surface area contributed by atoms with Crippen molar-refractivity contribution in [3.05, 3.63) is 0 Å². The van der Waals surface area contributed by atoms with E-state index in [9.17, 15) is 8.42 Å². The monoisotopic (exact) mass is 139 g/mol. The molecule has 2 nitrogen and oxygen atoms in total.